The Morgan fingerprint density at radius 3 is 2.52 bits per heavy atom. The van der Waals surface area contributed by atoms with E-state index in [4.69, 9.17) is 4.74 Å². The molecule has 2 aliphatic rings. The highest BCUT2D eigenvalue weighted by atomic mass is 32.2. The van der Waals surface area contributed by atoms with Crippen LogP contribution in [0.1, 0.15) is 43.6 Å². The summed E-state index contributed by atoms with van der Waals surface area (Å²) < 4.78 is 32.1. The van der Waals surface area contributed by atoms with E-state index in [0.29, 0.717) is 18.6 Å². The summed E-state index contributed by atoms with van der Waals surface area (Å²) in [5.41, 5.74) is 1.44. The third-order valence-corrected chi connectivity index (χ3v) is 6.20. The number of sulfonamides is 1. The van der Waals surface area contributed by atoms with Gasteiger partial charge < -0.3 is 10.1 Å². The molecule has 1 aromatic rings. The smallest absolute Gasteiger partial charge is 0.208 e. The van der Waals surface area contributed by atoms with Crippen molar-refractivity contribution in [1.29, 1.82) is 0 Å². The summed E-state index contributed by atoms with van der Waals surface area (Å²) in [6, 6.07) is 10.7. The van der Waals surface area contributed by atoms with Crippen LogP contribution in [-0.4, -0.2) is 46.5 Å². The minimum atomic E-state index is -3.17. The Labute approximate surface area is 151 Å². The highest BCUT2D eigenvalue weighted by Crippen LogP contribution is 2.34. The number of hydrogen-bond donors (Lipinski definition) is 2. The van der Waals surface area contributed by atoms with E-state index >= 15 is 0 Å². The predicted molar refractivity (Wildman–Crippen MR) is 100 cm³/mol. The van der Waals surface area contributed by atoms with Crippen molar-refractivity contribution < 1.29 is 13.2 Å². The van der Waals surface area contributed by atoms with Crippen LogP contribution in [0.25, 0.3) is 0 Å². The molecule has 25 heavy (non-hydrogen) atoms. The van der Waals surface area contributed by atoms with Gasteiger partial charge in [-0.2, -0.15) is 0 Å². The van der Waals surface area contributed by atoms with Crippen LogP contribution in [0.3, 0.4) is 0 Å². The lowest BCUT2D eigenvalue weighted by atomic mass is 9.82. The Balaban J connectivity index is 1.45. The molecule has 140 valence electrons. The first-order valence-corrected chi connectivity index (χ1v) is 11.2. The molecule has 1 saturated heterocycles. The van der Waals surface area contributed by atoms with Gasteiger partial charge in [0.15, 0.2) is 0 Å². The van der Waals surface area contributed by atoms with E-state index in [2.05, 4.69) is 40.4 Å². The molecule has 2 N–H and O–H groups in total. The van der Waals surface area contributed by atoms with Gasteiger partial charge in [-0.15, -0.1) is 0 Å². The molecule has 3 rings (SSSR count). The monoisotopic (exact) mass is 366 g/mol. The van der Waals surface area contributed by atoms with Crippen molar-refractivity contribution in [2.75, 3.05) is 26.0 Å². The molecular formula is C19H30N2O3S. The lowest BCUT2D eigenvalue weighted by molar-refractivity contribution is -0.00402. The van der Waals surface area contributed by atoms with Crippen molar-refractivity contribution in [3.05, 3.63) is 35.9 Å². The minimum absolute atomic E-state index is 0.0168. The Hall–Kier alpha value is -0.950. The molecular weight excluding hydrogens is 336 g/mol. The van der Waals surface area contributed by atoms with E-state index in [1.165, 1.54) is 24.7 Å². The van der Waals surface area contributed by atoms with Gasteiger partial charge in [-0.3, -0.25) is 0 Å². The first kappa shape index (κ1) is 18.8. The number of nitrogens with one attached hydrogen (secondary N) is 2. The van der Waals surface area contributed by atoms with Gasteiger partial charge in [0.25, 0.3) is 0 Å². The molecule has 0 bridgehead atoms. The van der Waals surface area contributed by atoms with Crippen molar-refractivity contribution in [3.63, 3.8) is 0 Å². The number of hydrogen-bond acceptors (Lipinski definition) is 4. The second-order valence-electron chi connectivity index (χ2n) is 7.47. The first-order chi connectivity index (χ1) is 12.0. The predicted octanol–water partition coefficient (Wildman–Crippen LogP) is 2.26. The molecule has 1 aromatic carbocycles. The Morgan fingerprint density at radius 1 is 1.12 bits per heavy atom. The summed E-state index contributed by atoms with van der Waals surface area (Å²) in [6.07, 6.45) is 6.87. The molecule has 0 aromatic heterocycles. The van der Waals surface area contributed by atoms with Crippen molar-refractivity contribution in [3.8, 4) is 0 Å². The van der Waals surface area contributed by atoms with Crippen molar-refractivity contribution in [2.24, 2.45) is 5.92 Å². The molecule has 1 aliphatic heterocycles. The largest absolute Gasteiger partial charge is 0.378 e. The maximum absolute atomic E-state index is 11.5. The van der Waals surface area contributed by atoms with Crippen molar-refractivity contribution in [1.82, 2.24) is 10.0 Å². The highest BCUT2D eigenvalue weighted by Gasteiger charge is 2.29. The molecule has 5 nitrogen and oxygen atoms in total. The second kappa shape index (κ2) is 8.62. The van der Waals surface area contributed by atoms with Crippen LogP contribution < -0.4 is 10.0 Å². The van der Waals surface area contributed by atoms with Crippen LogP contribution in [0.5, 0.6) is 0 Å². The third kappa shape index (κ3) is 5.78. The summed E-state index contributed by atoms with van der Waals surface area (Å²) in [4.78, 5) is 0. The second-order valence-corrected chi connectivity index (χ2v) is 9.25. The zero-order valence-electron chi connectivity index (χ0n) is 15.0. The molecule has 0 spiro atoms. The normalized spacial score (nSPS) is 30.9. The average Bonchev–Trinajstić information content (AvgIpc) is 2.61. The Kier molecular flexibility index (Phi) is 6.49. The fourth-order valence-corrected chi connectivity index (χ4v) is 4.94. The highest BCUT2D eigenvalue weighted by molar-refractivity contribution is 7.88. The van der Waals surface area contributed by atoms with Crippen molar-refractivity contribution >= 4 is 10.0 Å². The molecule has 0 radical (unpaired) electrons. The van der Waals surface area contributed by atoms with Crippen LogP contribution in [0.4, 0.5) is 0 Å². The van der Waals surface area contributed by atoms with Gasteiger partial charge in [0.05, 0.1) is 19.0 Å². The van der Waals surface area contributed by atoms with Gasteiger partial charge in [-0.1, -0.05) is 30.3 Å². The summed E-state index contributed by atoms with van der Waals surface area (Å²) >= 11 is 0. The molecule has 2 fully saturated rings. The maximum Gasteiger partial charge on any atom is 0.208 e. The topological polar surface area (TPSA) is 67.4 Å². The van der Waals surface area contributed by atoms with Gasteiger partial charge in [0, 0.05) is 18.5 Å². The zero-order chi connectivity index (χ0) is 17.7. The zero-order valence-corrected chi connectivity index (χ0v) is 15.8. The fraction of sp³-hybridized carbons (Fsp3) is 0.684. The first-order valence-electron chi connectivity index (χ1n) is 9.36. The summed E-state index contributed by atoms with van der Waals surface area (Å²) in [6.45, 7) is 2.29. The fourth-order valence-electron chi connectivity index (χ4n) is 4.08. The maximum atomic E-state index is 11.5. The van der Waals surface area contributed by atoms with E-state index in [-0.39, 0.29) is 12.0 Å². The SMILES string of the molecule is CS(=O)(=O)NC1CCNCC1CO[C@H]1CC[C@@H](c2ccccc2)CC1. The average molecular weight is 367 g/mol. The lowest BCUT2D eigenvalue weighted by Crippen LogP contribution is -2.51. The van der Waals surface area contributed by atoms with Gasteiger partial charge >= 0.3 is 0 Å². The molecule has 2 atom stereocenters. The van der Waals surface area contributed by atoms with Crippen molar-refractivity contribution in [2.45, 2.75) is 50.2 Å². The molecule has 2 unspecified atom stereocenters. The van der Waals surface area contributed by atoms with Crippen LogP contribution in [-0.2, 0) is 14.8 Å². The van der Waals surface area contributed by atoms with E-state index in [1.807, 2.05) is 0 Å². The molecule has 0 amide bonds. The third-order valence-electron chi connectivity index (χ3n) is 5.46. The van der Waals surface area contributed by atoms with Gasteiger partial charge in [-0.25, -0.2) is 13.1 Å². The number of rotatable bonds is 6. The van der Waals surface area contributed by atoms with E-state index in [9.17, 15) is 8.42 Å². The molecule has 1 heterocycles. The standard InChI is InChI=1S/C19H30N2O3S/c1-25(22,23)21-19-11-12-20-13-17(19)14-24-18-9-7-16(8-10-18)15-5-3-2-4-6-15/h2-6,16-21H,7-14H2,1H3/t16-,17?,18+,19?. The van der Waals surface area contributed by atoms with Gasteiger partial charge in [0.2, 0.25) is 10.0 Å². The minimum Gasteiger partial charge on any atom is -0.378 e. The van der Waals surface area contributed by atoms with E-state index in [0.717, 1.165) is 32.4 Å². The Morgan fingerprint density at radius 2 is 1.84 bits per heavy atom. The van der Waals surface area contributed by atoms with Crippen LogP contribution in [0, 0.1) is 5.92 Å². The quantitative estimate of drug-likeness (QED) is 0.810. The molecule has 1 saturated carbocycles. The number of piperidine rings is 1. The van der Waals surface area contributed by atoms with E-state index < -0.39 is 10.0 Å². The molecule has 6 heteroatoms. The van der Waals surface area contributed by atoms with E-state index in [1.54, 1.807) is 0 Å². The molecule has 1 aliphatic carbocycles. The summed E-state index contributed by atoms with van der Waals surface area (Å²) in [7, 11) is -3.17. The van der Waals surface area contributed by atoms with Crippen LogP contribution in [0.15, 0.2) is 30.3 Å². The lowest BCUT2D eigenvalue weighted by Gasteiger charge is -2.34. The summed E-state index contributed by atoms with van der Waals surface area (Å²) in [5, 5.41) is 3.35. The number of ether oxygens (including phenoxy) is 1. The van der Waals surface area contributed by atoms with Gasteiger partial charge in [0.1, 0.15) is 0 Å². The summed E-state index contributed by atoms with van der Waals surface area (Å²) in [5.74, 6) is 0.854. The number of benzene rings is 1. The van der Waals surface area contributed by atoms with Crippen LogP contribution >= 0.6 is 0 Å². The Bertz CT molecular complexity index is 627. The van der Waals surface area contributed by atoms with Gasteiger partial charge in [-0.05, 0) is 50.1 Å². The van der Waals surface area contributed by atoms with Crippen LogP contribution in [0.2, 0.25) is 0 Å².